The van der Waals surface area contributed by atoms with Crippen molar-refractivity contribution in [1.29, 1.82) is 0 Å². The number of hydrogen-bond donors (Lipinski definition) is 0. The van der Waals surface area contributed by atoms with E-state index in [9.17, 15) is 0 Å². The first-order chi connectivity index (χ1) is 19.8. The van der Waals surface area contributed by atoms with Crippen LogP contribution in [-0.2, 0) is 0 Å². The Bertz CT molecular complexity index is 2130. The average Bonchev–Trinajstić information content (AvgIpc) is 3.38. The lowest BCUT2D eigenvalue weighted by atomic mass is 9.87. The van der Waals surface area contributed by atoms with E-state index >= 15 is 0 Å². The van der Waals surface area contributed by atoms with Gasteiger partial charge in [0.2, 0.25) is 0 Å². The summed E-state index contributed by atoms with van der Waals surface area (Å²) in [4.78, 5) is 0. The van der Waals surface area contributed by atoms with E-state index in [1.54, 1.807) is 24.3 Å². The maximum absolute atomic E-state index is 8.84. The maximum Gasteiger partial charge on any atom is 0.0638 e. The molecule has 0 atom stereocenters. The molecule has 0 radical (unpaired) electrons. The third kappa shape index (κ3) is 2.60. The molecule has 0 nitrogen and oxygen atoms in total. The van der Waals surface area contributed by atoms with Gasteiger partial charge in [0.1, 0.15) is 0 Å². The van der Waals surface area contributed by atoms with Gasteiger partial charge in [-0.05, 0) is 39.6 Å². The van der Waals surface area contributed by atoms with Crippen LogP contribution in [0.15, 0.2) is 103 Å². The standard InChI is InChI=1S/C28H17ClS/c29-22-16-9-17-23-27(22)26-21-15-8-7-14-20(21)24(18-10-3-1-4-11-18)25(28(26)30-23)19-12-5-2-6-13-19/h1-17H/i1D,2D,3D,4D,5D,6D,9D,10D,11D,12D,13D,17D. The molecular weight excluding hydrogens is 404 g/mol. The molecule has 1 aromatic heterocycles. The highest BCUT2D eigenvalue weighted by molar-refractivity contribution is 7.26. The molecule has 0 fully saturated rings. The van der Waals surface area contributed by atoms with Crippen LogP contribution >= 0.6 is 22.9 Å². The van der Waals surface area contributed by atoms with E-state index < -0.39 is 60.4 Å². The molecule has 0 aliphatic heterocycles. The summed E-state index contributed by atoms with van der Waals surface area (Å²) in [5.74, 6) is 0. The Morgan fingerprint density at radius 3 is 1.97 bits per heavy atom. The van der Waals surface area contributed by atoms with Crippen molar-refractivity contribution in [2.75, 3.05) is 0 Å². The third-order valence-electron chi connectivity index (χ3n) is 4.97. The van der Waals surface area contributed by atoms with Crippen LogP contribution in [0.5, 0.6) is 0 Å². The summed E-state index contributed by atoms with van der Waals surface area (Å²) in [6.45, 7) is 0. The lowest BCUT2D eigenvalue weighted by Gasteiger charge is -2.16. The van der Waals surface area contributed by atoms with E-state index in [2.05, 4.69) is 0 Å². The fourth-order valence-electron chi connectivity index (χ4n) is 3.83. The lowest BCUT2D eigenvalue weighted by Crippen LogP contribution is -1.89. The van der Waals surface area contributed by atoms with E-state index in [4.69, 9.17) is 28.1 Å². The average molecular weight is 433 g/mol. The van der Waals surface area contributed by atoms with Gasteiger partial charge in [0.05, 0.1) is 16.4 Å². The van der Waals surface area contributed by atoms with Crippen molar-refractivity contribution in [2.45, 2.75) is 0 Å². The van der Waals surface area contributed by atoms with Gasteiger partial charge >= 0.3 is 0 Å². The second kappa shape index (κ2) is 6.98. The molecule has 0 aliphatic carbocycles. The molecule has 0 bridgehead atoms. The SMILES string of the molecule is [2H]c1cc(Cl)c2c(sc3c(-c4c([2H])c([2H])c([2H])c([2H])c4[2H])c(-c4c([2H])c([2H])c([2H])c([2H])c4[2H])c4ccccc4c32)c1[2H]. The molecule has 0 spiro atoms. The lowest BCUT2D eigenvalue weighted by molar-refractivity contribution is 1.64. The van der Waals surface area contributed by atoms with Crippen LogP contribution in [0.25, 0.3) is 53.2 Å². The number of benzene rings is 5. The van der Waals surface area contributed by atoms with Crippen molar-refractivity contribution in [3.8, 4) is 22.3 Å². The topological polar surface area (TPSA) is 0 Å². The van der Waals surface area contributed by atoms with Crippen molar-refractivity contribution in [1.82, 2.24) is 0 Å². The van der Waals surface area contributed by atoms with Crippen LogP contribution in [0.4, 0.5) is 0 Å². The summed E-state index contributed by atoms with van der Waals surface area (Å²) in [5, 5.41) is 2.07. The van der Waals surface area contributed by atoms with Gasteiger partial charge in [-0.25, -0.2) is 0 Å². The summed E-state index contributed by atoms with van der Waals surface area (Å²) in [6.07, 6.45) is 0. The quantitative estimate of drug-likeness (QED) is 0.255. The van der Waals surface area contributed by atoms with Gasteiger partial charge in [0.25, 0.3) is 0 Å². The largest absolute Gasteiger partial charge is 0.134 e. The minimum atomic E-state index is -0.609. The van der Waals surface area contributed by atoms with Crippen LogP contribution in [0.2, 0.25) is 5.02 Å². The number of hydrogen-bond acceptors (Lipinski definition) is 1. The second-order valence-corrected chi connectivity index (χ2v) is 8.00. The normalized spacial score (nSPS) is 17.1. The molecule has 1 heterocycles. The molecule has 0 unspecified atom stereocenters. The zero-order valence-electron chi connectivity index (χ0n) is 27.2. The smallest absolute Gasteiger partial charge is 0.0638 e. The highest BCUT2D eigenvalue weighted by Gasteiger charge is 2.21. The van der Waals surface area contributed by atoms with Crippen LogP contribution < -0.4 is 0 Å². The van der Waals surface area contributed by atoms with Crippen LogP contribution in [0.1, 0.15) is 16.4 Å². The molecule has 0 saturated carbocycles. The molecule has 6 rings (SSSR count). The van der Waals surface area contributed by atoms with Crippen molar-refractivity contribution in [3.05, 3.63) is 108 Å². The van der Waals surface area contributed by atoms with Gasteiger partial charge in [-0.15, -0.1) is 11.3 Å². The second-order valence-electron chi connectivity index (χ2n) is 6.57. The molecule has 5 aromatic carbocycles. The minimum absolute atomic E-state index is 0.0578. The highest BCUT2D eigenvalue weighted by atomic mass is 35.5. The van der Waals surface area contributed by atoms with Crippen LogP contribution in [-0.4, -0.2) is 0 Å². The molecule has 142 valence electrons. The molecule has 0 N–H and O–H groups in total. The van der Waals surface area contributed by atoms with E-state index in [0.717, 1.165) is 11.3 Å². The van der Waals surface area contributed by atoms with Crippen molar-refractivity contribution < 1.29 is 16.4 Å². The van der Waals surface area contributed by atoms with Crippen molar-refractivity contribution in [3.63, 3.8) is 0 Å². The Hall–Kier alpha value is -3.13. The number of halogens is 1. The van der Waals surface area contributed by atoms with E-state index in [-0.39, 0.29) is 39.4 Å². The van der Waals surface area contributed by atoms with E-state index in [1.165, 1.54) is 6.07 Å². The Kier molecular flexibility index (Phi) is 2.17. The monoisotopic (exact) mass is 432 g/mol. The first-order valence-corrected chi connectivity index (χ1v) is 10.2. The molecule has 30 heavy (non-hydrogen) atoms. The van der Waals surface area contributed by atoms with Crippen molar-refractivity contribution in [2.24, 2.45) is 0 Å². The van der Waals surface area contributed by atoms with Gasteiger partial charge < -0.3 is 0 Å². The predicted octanol–water partition coefficient (Wildman–Crippen LogP) is 9.20. The first-order valence-electron chi connectivity index (χ1n) is 15.0. The number of thiophene rings is 1. The van der Waals surface area contributed by atoms with E-state index in [0.29, 0.717) is 30.9 Å². The van der Waals surface area contributed by atoms with Crippen molar-refractivity contribution >= 4 is 53.9 Å². The summed E-state index contributed by atoms with van der Waals surface area (Å²) < 4.78 is 103. The van der Waals surface area contributed by atoms with Crippen LogP contribution in [0.3, 0.4) is 0 Å². The zero-order chi connectivity index (χ0) is 30.5. The third-order valence-corrected chi connectivity index (χ3v) is 6.40. The van der Waals surface area contributed by atoms with Gasteiger partial charge in [-0.1, -0.05) is 102 Å². The van der Waals surface area contributed by atoms with Gasteiger partial charge in [0.15, 0.2) is 0 Å². The molecule has 6 aromatic rings. The predicted molar refractivity (Wildman–Crippen MR) is 133 cm³/mol. The molecule has 0 saturated heterocycles. The Morgan fingerprint density at radius 2 is 1.27 bits per heavy atom. The number of fused-ring (bicyclic) bond motifs is 5. The first kappa shape index (κ1) is 9.34. The van der Waals surface area contributed by atoms with E-state index in [1.807, 2.05) is 0 Å². The fraction of sp³-hybridized carbons (Fsp3) is 0. The summed E-state index contributed by atoms with van der Waals surface area (Å²) >= 11 is 7.70. The minimum Gasteiger partial charge on any atom is -0.134 e. The molecule has 0 amide bonds. The van der Waals surface area contributed by atoms with Gasteiger partial charge in [-0.3, -0.25) is 0 Å². The summed E-state index contributed by atoms with van der Waals surface area (Å²) in [5.41, 5.74) is -0.271. The van der Waals surface area contributed by atoms with Crippen LogP contribution in [0, 0.1) is 0 Å². The fourth-order valence-corrected chi connectivity index (χ4v) is 5.38. The highest BCUT2D eigenvalue weighted by Crippen LogP contribution is 2.50. The Labute approximate surface area is 200 Å². The zero-order valence-corrected chi connectivity index (χ0v) is 16.7. The Morgan fingerprint density at radius 1 is 0.633 bits per heavy atom. The summed E-state index contributed by atoms with van der Waals surface area (Å²) in [6, 6.07) is 2.25. The summed E-state index contributed by atoms with van der Waals surface area (Å²) in [7, 11) is 0. The molecular formula is C28H17ClS. The van der Waals surface area contributed by atoms with Gasteiger partial charge in [0, 0.05) is 30.8 Å². The maximum atomic E-state index is 8.84. The number of rotatable bonds is 2. The van der Waals surface area contributed by atoms with Gasteiger partial charge in [-0.2, -0.15) is 0 Å². The Balaban J connectivity index is 2.04. The molecule has 0 aliphatic rings. The molecule has 2 heteroatoms.